The smallest absolute Gasteiger partial charge is 0.260 e. The van der Waals surface area contributed by atoms with Crippen LogP contribution in [-0.2, 0) is 24.2 Å². The number of aryl methyl sites for hydroxylation is 1. The topological polar surface area (TPSA) is 42.4 Å². The molecule has 0 aliphatic heterocycles. The molecule has 0 bridgehead atoms. The Morgan fingerprint density at radius 3 is 2.50 bits per heavy atom. The molecule has 4 heteroatoms. The highest BCUT2D eigenvalue weighted by molar-refractivity contribution is 5.77. The minimum absolute atomic E-state index is 0.0262. The maximum atomic E-state index is 12.9. The molecule has 0 saturated carbocycles. The number of hydrogen-bond donors (Lipinski definition) is 0. The molecule has 1 amide bonds. The Labute approximate surface area is 166 Å². The van der Waals surface area contributed by atoms with Gasteiger partial charge in [0, 0.05) is 31.4 Å². The van der Waals surface area contributed by atoms with Gasteiger partial charge in [-0.15, -0.1) is 0 Å². The van der Waals surface area contributed by atoms with E-state index in [4.69, 9.17) is 4.74 Å². The van der Waals surface area contributed by atoms with Gasteiger partial charge in [-0.2, -0.15) is 0 Å². The lowest BCUT2D eigenvalue weighted by Gasteiger charge is -2.23. The van der Waals surface area contributed by atoms with Gasteiger partial charge >= 0.3 is 0 Å². The lowest BCUT2D eigenvalue weighted by molar-refractivity contribution is -0.134. The number of rotatable bonds is 9. The molecule has 0 saturated heterocycles. The van der Waals surface area contributed by atoms with Crippen molar-refractivity contribution in [3.8, 4) is 5.75 Å². The molecular weight excluding hydrogens is 348 g/mol. The van der Waals surface area contributed by atoms with Gasteiger partial charge in [-0.05, 0) is 41.8 Å². The van der Waals surface area contributed by atoms with E-state index in [9.17, 15) is 4.79 Å². The van der Waals surface area contributed by atoms with Crippen molar-refractivity contribution < 1.29 is 9.53 Å². The number of carbonyl (C=O) groups is 1. The molecule has 0 atom stereocenters. The van der Waals surface area contributed by atoms with E-state index >= 15 is 0 Å². The average Bonchev–Trinajstić information content (AvgIpc) is 2.76. The molecule has 1 heterocycles. The normalized spacial score (nSPS) is 10.5. The number of hydrogen-bond acceptors (Lipinski definition) is 3. The van der Waals surface area contributed by atoms with E-state index in [0.29, 0.717) is 19.5 Å². The SMILES string of the molecule is CCc1cccc(OCC(=O)N(CCc2ccccn2)Cc2ccccc2)c1. The lowest BCUT2D eigenvalue weighted by atomic mass is 10.2. The van der Waals surface area contributed by atoms with Crippen molar-refractivity contribution in [3.05, 3.63) is 95.8 Å². The molecule has 2 aromatic carbocycles. The first-order valence-electron chi connectivity index (χ1n) is 9.68. The Hall–Kier alpha value is -3.14. The van der Waals surface area contributed by atoms with E-state index in [0.717, 1.165) is 23.4 Å². The van der Waals surface area contributed by atoms with E-state index in [2.05, 4.69) is 18.0 Å². The fourth-order valence-corrected chi connectivity index (χ4v) is 2.98. The van der Waals surface area contributed by atoms with Gasteiger partial charge in [0.05, 0.1) is 0 Å². The Kier molecular flexibility index (Phi) is 7.19. The van der Waals surface area contributed by atoms with Crippen LogP contribution >= 0.6 is 0 Å². The molecule has 0 fully saturated rings. The molecule has 0 spiro atoms. The van der Waals surface area contributed by atoms with Crippen molar-refractivity contribution in [1.29, 1.82) is 0 Å². The maximum absolute atomic E-state index is 12.9. The van der Waals surface area contributed by atoms with Crippen molar-refractivity contribution in [2.24, 2.45) is 0 Å². The van der Waals surface area contributed by atoms with Crippen LogP contribution in [0.5, 0.6) is 5.75 Å². The molecule has 0 N–H and O–H groups in total. The van der Waals surface area contributed by atoms with Crippen LogP contribution in [0.4, 0.5) is 0 Å². The summed E-state index contributed by atoms with van der Waals surface area (Å²) in [5, 5.41) is 0. The molecule has 4 nitrogen and oxygen atoms in total. The Morgan fingerprint density at radius 2 is 1.75 bits per heavy atom. The van der Waals surface area contributed by atoms with Gasteiger partial charge in [0.1, 0.15) is 5.75 Å². The van der Waals surface area contributed by atoms with E-state index in [1.54, 1.807) is 6.20 Å². The fraction of sp³-hybridized carbons (Fsp3) is 0.250. The number of carbonyl (C=O) groups excluding carboxylic acids is 1. The van der Waals surface area contributed by atoms with Gasteiger partial charge in [0.15, 0.2) is 6.61 Å². The first kappa shape index (κ1) is 19.6. The first-order valence-corrected chi connectivity index (χ1v) is 9.68. The molecule has 3 rings (SSSR count). The molecule has 1 aromatic heterocycles. The summed E-state index contributed by atoms with van der Waals surface area (Å²) in [6.07, 6.45) is 3.43. The Morgan fingerprint density at radius 1 is 0.964 bits per heavy atom. The van der Waals surface area contributed by atoms with Crippen LogP contribution in [0.2, 0.25) is 0 Å². The van der Waals surface area contributed by atoms with Gasteiger partial charge in [-0.25, -0.2) is 0 Å². The third kappa shape index (κ3) is 5.95. The largest absolute Gasteiger partial charge is 0.484 e. The van der Waals surface area contributed by atoms with Gasteiger partial charge < -0.3 is 9.64 Å². The van der Waals surface area contributed by atoms with E-state index in [-0.39, 0.29) is 12.5 Å². The summed E-state index contributed by atoms with van der Waals surface area (Å²) in [5.41, 5.74) is 3.27. The first-order chi connectivity index (χ1) is 13.7. The van der Waals surface area contributed by atoms with Gasteiger partial charge in [0.25, 0.3) is 5.91 Å². The lowest BCUT2D eigenvalue weighted by Crippen LogP contribution is -2.36. The molecule has 0 radical (unpaired) electrons. The standard InChI is InChI=1S/C24H26N2O2/c1-2-20-11-8-13-23(17-20)28-19-24(27)26(18-21-9-4-3-5-10-21)16-14-22-12-6-7-15-25-22/h3-13,15,17H,2,14,16,18-19H2,1H3. The number of benzene rings is 2. The van der Waals surface area contributed by atoms with Crippen molar-refractivity contribution in [2.75, 3.05) is 13.2 Å². The van der Waals surface area contributed by atoms with Gasteiger partial charge in [-0.1, -0.05) is 55.5 Å². The highest BCUT2D eigenvalue weighted by atomic mass is 16.5. The van der Waals surface area contributed by atoms with Crippen LogP contribution in [0.15, 0.2) is 79.0 Å². The monoisotopic (exact) mass is 374 g/mol. The number of aromatic nitrogens is 1. The highest BCUT2D eigenvalue weighted by Gasteiger charge is 2.15. The summed E-state index contributed by atoms with van der Waals surface area (Å²) < 4.78 is 5.77. The van der Waals surface area contributed by atoms with Crippen LogP contribution in [0, 0.1) is 0 Å². The van der Waals surface area contributed by atoms with Gasteiger partial charge in [0.2, 0.25) is 0 Å². The zero-order chi connectivity index (χ0) is 19.6. The highest BCUT2D eigenvalue weighted by Crippen LogP contribution is 2.14. The van der Waals surface area contributed by atoms with E-state index in [1.807, 2.05) is 71.6 Å². The predicted octanol–water partition coefficient (Wildman–Crippen LogP) is 4.29. The average molecular weight is 374 g/mol. The second-order valence-corrected chi connectivity index (χ2v) is 6.66. The third-order valence-corrected chi connectivity index (χ3v) is 4.60. The minimum atomic E-state index is -0.0262. The van der Waals surface area contributed by atoms with Crippen molar-refractivity contribution in [1.82, 2.24) is 9.88 Å². The molecule has 0 unspecified atom stereocenters. The van der Waals surface area contributed by atoms with Crippen molar-refractivity contribution in [2.45, 2.75) is 26.3 Å². The maximum Gasteiger partial charge on any atom is 0.260 e. The zero-order valence-electron chi connectivity index (χ0n) is 16.3. The second kappa shape index (κ2) is 10.3. The third-order valence-electron chi connectivity index (χ3n) is 4.60. The van der Waals surface area contributed by atoms with E-state index in [1.165, 1.54) is 5.56 Å². The molecule has 0 aliphatic rings. The predicted molar refractivity (Wildman–Crippen MR) is 111 cm³/mol. The summed E-state index contributed by atoms with van der Waals surface area (Å²) in [4.78, 5) is 19.1. The molecular formula is C24H26N2O2. The summed E-state index contributed by atoms with van der Waals surface area (Å²) in [6.45, 7) is 3.29. The Balaban J connectivity index is 1.64. The summed E-state index contributed by atoms with van der Waals surface area (Å²) in [7, 11) is 0. The van der Waals surface area contributed by atoms with Crippen LogP contribution < -0.4 is 4.74 Å². The second-order valence-electron chi connectivity index (χ2n) is 6.66. The van der Waals surface area contributed by atoms with Gasteiger partial charge in [-0.3, -0.25) is 9.78 Å². The molecule has 0 aliphatic carbocycles. The molecule has 144 valence electrons. The summed E-state index contributed by atoms with van der Waals surface area (Å²) >= 11 is 0. The Bertz CT molecular complexity index is 866. The van der Waals surface area contributed by atoms with Crippen LogP contribution in [-0.4, -0.2) is 28.9 Å². The van der Waals surface area contributed by atoms with E-state index < -0.39 is 0 Å². The van der Waals surface area contributed by atoms with Crippen LogP contribution in [0.1, 0.15) is 23.7 Å². The summed E-state index contributed by atoms with van der Waals surface area (Å²) in [6, 6.07) is 23.8. The summed E-state index contributed by atoms with van der Waals surface area (Å²) in [5.74, 6) is 0.707. The number of ether oxygens (including phenoxy) is 1. The quantitative estimate of drug-likeness (QED) is 0.561. The van der Waals surface area contributed by atoms with Crippen LogP contribution in [0.3, 0.4) is 0 Å². The number of pyridine rings is 1. The van der Waals surface area contributed by atoms with Crippen LogP contribution in [0.25, 0.3) is 0 Å². The van der Waals surface area contributed by atoms with Crippen molar-refractivity contribution in [3.63, 3.8) is 0 Å². The molecule has 28 heavy (non-hydrogen) atoms. The number of amides is 1. The number of nitrogens with zero attached hydrogens (tertiary/aromatic N) is 2. The zero-order valence-corrected chi connectivity index (χ0v) is 16.3. The fourth-order valence-electron chi connectivity index (χ4n) is 2.98. The molecule has 3 aromatic rings. The van der Waals surface area contributed by atoms with Crippen molar-refractivity contribution >= 4 is 5.91 Å². The minimum Gasteiger partial charge on any atom is -0.484 e.